The summed E-state index contributed by atoms with van der Waals surface area (Å²) in [6.07, 6.45) is -5.79. The zero-order valence-corrected chi connectivity index (χ0v) is 21.4. The number of oxime groups is 1. The molecule has 0 aliphatic carbocycles. The standard InChI is InChI=1S/C23H16Cl2F5N3O4S/c24-16-7-15(8-17(25)20(16)26)22(23(28,29)30)9-18(32-37-22)13-1-3-14(4-2-13)21(27)11-33(12-21)19(34)10-38(35,36)6-5-31/h1-4,7-8H,6,9-12H2. The van der Waals surface area contributed by atoms with E-state index in [2.05, 4.69) is 5.16 Å². The van der Waals surface area contributed by atoms with Crippen LogP contribution in [0.1, 0.15) is 23.1 Å². The fourth-order valence-electron chi connectivity index (χ4n) is 4.15. The quantitative estimate of drug-likeness (QED) is 0.357. The third-order valence-electron chi connectivity index (χ3n) is 6.24. The fraction of sp³-hybridized carbons (Fsp3) is 0.348. The van der Waals surface area contributed by atoms with Gasteiger partial charge in [0, 0.05) is 12.0 Å². The van der Waals surface area contributed by atoms with E-state index in [-0.39, 0.29) is 16.8 Å². The number of halogens is 7. The van der Waals surface area contributed by atoms with Gasteiger partial charge in [0.25, 0.3) is 5.60 Å². The highest BCUT2D eigenvalue weighted by molar-refractivity contribution is 7.92. The van der Waals surface area contributed by atoms with Gasteiger partial charge in [-0.3, -0.25) is 4.79 Å². The van der Waals surface area contributed by atoms with Crippen LogP contribution in [0.5, 0.6) is 0 Å². The van der Waals surface area contributed by atoms with E-state index < -0.39 is 85.6 Å². The number of sulfone groups is 1. The molecule has 2 aliphatic rings. The highest BCUT2D eigenvalue weighted by Gasteiger charge is 2.62. The lowest BCUT2D eigenvalue weighted by atomic mass is 9.85. The molecule has 2 heterocycles. The summed E-state index contributed by atoms with van der Waals surface area (Å²) in [5.41, 5.74) is -5.34. The van der Waals surface area contributed by atoms with Gasteiger partial charge in [0.2, 0.25) is 5.91 Å². The molecule has 4 rings (SSSR count). The van der Waals surface area contributed by atoms with E-state index in [0.29, 0.717) is 0 Å². The molecular weight excluding hydrogens is 580 g/mol. The maximum absolute atomic E-state index is 15.3. The SMILES string of the molecule is N#CCS(=O)(=O)CC(=O)N1CC(F)(c2ccc(C3=NOC(c4cc(Cl)c(F)c(Cl)c4)(C(F)(F)F)C3)cc2)C1. The fourth-order valence-corrected chi connectivity index (χ4v) is 5.50. The van der Waals surface area contributed by atoms with Crippen molar-refractivity contribution in [3.63, 3.8) is 0 Å². The monoisotopic (exact) mass is 595 g/mol. The number of benzene rings is 2. The van der Waals surface area contributed by atoms with Crippen molar-refractivity contribution in [3.8, 4) is 6.07 Å². The number of nitrogens with zero attached hydrogens (tertiary/aromatic N) is 3. The summed E-state index contributed by atoms with van der Waals surface area (Å²) in [6.45, 7) is -0.860. The van der Waals surface area contributed by atoms with E-state index in [4.69, 9.17) is 33.3 Å². The molecule has 202 valence electrons. The maximum atomic E-state index is 15.3. The second kappa shape index (κ2) is 9.66. The van der Waals surface area contributed by atoms with Gasteiger partial charge in [-0.1, -0.05) is 52.6 Å². The maximum Gasteiger partial charge on any atom is 0.435 e. The third kappa shape index (κ3) is 5.04. The van der Waals surface area contributed by atoms with Gasteiger partial charge in [-0.15, -0.1) is 0 Å². The first-order chi connectivity index (χ1) is 17.6. The van der Waals surface area contributed by atoms with Crippen LogP contribution in [0.3, 0.4) is 0 Å². The van der Waals surface area contributed by atoms with E-state index in [1.165, 1.54) is 30.3 Å². The normalized spacial score (nSPS) is 20.8. The van der Waals surface area contributed by atoms with E-state index in [1.807, 2.05) is 0 Å². The number of nitriles is 1. The van der Waals surface area contributed by atoms with Gasteiger partial charge in [0.15, 0.2) is 21.3 Å². The molecule has 7 nitrogen and oxygen atoms in total. The first kappa shape index (κ1) is 28.1. The minimum atomic E-state index is -4.99. The topological polar surface area (TPSA) is 99.8 Å². The van der Waals surface area contributed by atoms with Crippen molar-refractivity contribution < 1.29 is 40.0 Å². The highest BCUT2D eigenvalue weighted by atomic mass is 35.5. The largest absolute Gasteiger partial charge is 0.435 e. The lowest BCUT2D eigenvalue weighted by molar-refractivity contribution is -0.275. The van der Waals surface area contributed by atoms with Crippen molar-refractivity contribution in [2.75, 3.05) is 24.6 Å². The number of alkyl halides is 4. The molecule has 1 fully saturated rings. The molecule has 1 saturated heterocycles. The molecule has 0 N–H and O–H groups in total. The van der Waals surface area contributed by atoms with Crippen molar-refractivity contribution in [1.29, 1.82) is 5.26 Å². The molecule has 0 radical (unpaired) electrons. The molecule has 1 amide bonds. The van der Waals surface area contributed by atoms with Crippen LogP contribution in [0, 0.1) is 17.1 Å². The smallest absolute Gasteiger partial charge is 0.374 e. The van der Waals surface area contributed by atoms with Crippen LogP contribution in [0.4, 0.5) is 22.0 Å². The Balaban J connectivity index is 1.49. The Labute approximate surface area is 223 Å². The summed E-state index contributed by atoms with van der Waals surface area (Å²) in [5, 5.41) is 10.8. The van der Waals surface area contributed by atoms with Crippen LogP contribution in [-0.4, -0.2) is 55.7 Å². The van der Waals surface area contributed by atoms with Gasteiger partial charge < -0.3 is 9.74 Å². The van der Waals surface area contributed by atoms with Crippen LogP contribution < -0.4 is 0 Å². The summed E-state index contributed by atoms with van der Waals surface area (Å²) < 4.78 is 94.9. The van der Waals surface area contributed by atoms with Crippen molar-refractivity contribution >= 4 is 44.7 Å². The third-order valence-corrected chi connectivity index (χ3v) is 8.04. The van der Waals surface area contributed by atoms with Crippen molar-refractivity contribution in [3.05, 3.63) is 69.0 Å². The number of likely N-dealkylation sites (tertiary alicyclic amines) is 1. The van der Waals surface area contributed by atoms with E-state index in [9.17, 15) is 30.8 Å². The minimum Gasteiger partial charge on any atom is -0.374 e. The first-order valence-corrected chi connectivity index (χ1v) is 13.3. The molecule has 0 saturated carbocycles. The Morgan fingerprint density at radius 3 is 2.24 bits per heavy atom. The van der Waals surface area contributed by atoms with Gasteiger partial charge >= 0.3 is 6.18 Å². The average Bonchev–Trinajstić information content (AvgIpc) is 3.27. The number of carbonyl (C=O) groups excluding carboxylic acids is 1. The van der Waals surface area contributed by atoms with Gasteiger partial charge in [-0.05, 0) is 23.3 Å². The van der Waals surface area contributed by atoms with Crippen LogP contribution in [0.2, 0.25) is 10.0 Å². The molecule has 2 aromatic rings. The number of hydrogen-bond acceptors (Lipinski definition) is 6. The van der Waals surface area contributed by atoms with Gasteiger partial charge in [-0.25, -0.2) is 17.2 Å². The number of hydrogen-bond donors (Lipinski definition) is 0. The molecule has 0 aromatic heterocycles. The molecule has 1 atom stereocenters. The van der Waals surface area contributed by atoms with E-state index in [1.54, 1.807) is 0 Å². The zero-order valence-electron chi connectivity index (χ0n) is 19.0. The van der Waals surface area contributed by atoms with E-state index in [0.717, 1.165) is 17.0 Å². The first-order valence-electron chi connectivity index (χ1n) is 10.7. The molecular formula is C23H16Cl2F5N3O4S. The Kier molecular flexibility index (Phi) is 7.14. The second-order valence-electron chi connectivity index (χ2n) is 8.87. The minimum absolute atomic E-state index is 0.115. The number of amides is 1. The number of rotatable bonds is 6. The van der Waals surface area contributed by atoms with Gasteiger partial charge in [-0.2, -0.15) is 18.4 Å². The molecule has 38 heavy (non-hydrogen) atoms. The Morgan fingerprint density at radius 1 is 1.13 bits per heavy atom. The van der Waals surface area contributed by atoms with Gasteiger partial charge in [0.1, 0.15) is 11.5 Å². The zero-order chi connectivity index (χ0) is 28.1. The van der Waals surface area contributed by atoms with Crippen LogP contribution >= 0.6 is 23.2 Å². The van der Waals surface area contributed by atoms with Crippen molar-refractivity contribution in [2.45, 2.75) is 23.9 Å². The summed E-state index contributed by atoms with van der Waals surface area (Å²) in [5.74, 6) is -3.67. The molecule has 0 bridgehead atoms. The average molecular weight is 596 g/mol. The lowest BCUT2D eigenvalue weighted by Gasteiger charge is -2.44. The highest BCUT2D eigenvalue weighted by Crippen LogP contribution is 2.50. The van der Waals surface area contributed by atoms with Gasteiger partial charge in [0.05, 0.1) is 34.9 Å². The number of carbonyl (C=O) groups is 1. The van der Waals surface area contributed by atoms with Crippen LogP contribution in [-0.2, 0) is 30.7 Å². The van der Waals surface area contributed by atoms with Crippen LogP contribution in [0.25, 0.3) is 0 Å². The summed E-state index contributed by atoms with van der Waals surface area (Å²) in [7, 11) is -3.93. The Bertz CT molecular complexity index is 1450. The second-order valence-corrected chi connectivity index (χ2v) is 11.7. The Morgan fingerprint density at radius 2 is 1.71 bits per heavy atom. The molecule has 15 heteroatoms. The summed E-state index contributed by atoms with van der Waals surface area (Å²) in [4.78, 5) is 18.0. The predicted octanol–water partition coefficient (Wildman–Crippen LogP) is 4.66. The molecule has 2 aromatic carbocycles. The van der Waals surface area contributed by atoms with Crippen molar-refractivity contribution in [2.24, 2.45) is 5.16 Å². The molecule has 0 spiro atoms. The molecule has 2 aliphatic heterocycles. The van der Waals surface area contributed by atoms with Crippen LogP contribution in [0.15, 0.2) is 41.6 Å². The predicted molar refractivity (Wildman–Crippen MR) is 126 cm³/mol. The van der Waals surface area contributed by atoms with E-state index >= 15 is 4.39 Å². The summed E-state index contributed by atoms with van der Waals surface area (Å²) in [6, 6.07) is 8.26. The summed E-state index contributed by atoms with van der Waals surface area (Å²) >= 11 is 11.4. The Hall–Kier alpha value is -2.95. The lowest BCUT2D eigenvalue weighted by Crippen LogP contribution is -2.59. The van der Waals surface area contributed by atoms with Crippen molar-refractivity contribution in [1.82, 2.24) is 4.90 Å². The molecule has 1 unspecified atom stereocenters.